The van der Waals surface area contributed by atoms with Crippen LogP contribution in [0.25, 0.3) is 0 Å². The number of ether oxygens (including phenoxy) is 1. The van der Waals surface area contributed by atoms with Gasteiger partial charge in [-0.15, -0.1) is 0 Å². The molecule has 0 aliphatic heterocycles. The summed E-state index contributed by atoms with van der Waals surface area (Å²) in [6, 6.07) is 0. The van der Waals surface area contributed by atoms with Crippen LogP contribution in [0, 0.1) is 0 Å². The molecule has 0 saturated carbocycles. The quantitative estimate of drug-likeness (QED) is 0.523. The topological polar surface area (TPSA) is 26.3 Å². The van der Waals surface area contributed by atoms with Gasteiger partial charge in [0.1, 0.15) is 0 Å². The highest BCUT2D eigenvalue weighted by Gasteiger charge is 1.87. The minimum Gasteiger partial charge on any atom is -0.381 e. The van der Waals surface area contributed by atoms with Crippen molar-refractivity contribution in [3.8, 4) is 0 Å². The molecule has 0 saturated heterocycles. The fraction of sp³-hybridized carbons (Fsp3) is 1.00. The van der Waals surface area contributed by atoms with Crippen LogP contribution < -0.4 is 0 Å². The van der Waals surface area contributed by atoms with Gasteiger partial charge in [0, 0.05) is 29.4 Å². The minimum atomic E-state index is -0.692. The van der Waals surface area contributed by atoms with E-state index in [2.05, 4.69) is 0 Å². The molecule has 2 nitrogen and oxygen atoms in total. The minimum absolute atomic E-state index is 0.625. The third-order valence-electron chi connectivity index (χ3n) is 0.719. The molecule has 50 valence electrons. The van der Waals surface area contributed by atoms with Gasteiger partial charge in [-0.05, 0) is 6.92 Å². The van der Waals surface area contributed by atoms with Gasteiger partial charge in [0.25, 0.3) is 0 Å². The molecule has 0 radical (unpaired) electrons. The Balaban J connectivity index is 2.82. The monoisotopic (exact) mass is 136 g/mol. The van der Waals surface area contributed by atoms with Crippen molar-refractivity contribution in [2.24, 2.45) is 0 Å². The number of hydrogen-bond acceptors (Lipinski definition) is 2. The summed E-state index contributed by atoms with van der Waals surface area (Å²) in [6.45, 7) is 3.27. The normalized spacial score (nSPS) is 13.8. The first-order valence-corrected chi connectivity index (χ1v) is 4.38. The second kappa shape index (κ2) is 5.25. The Morgan fingerprint density at radius 1 is 1.62 bits per heavy atom. The van der Waals surface area contributed by atoms with E-state index in [1.54, 1.807) is 6.26 Å². The summed E-state index contributed by atoms with van der Waals surface area (Å²) in [5.41, 5.74) is 0. The average molecular weight is 136 g/mol. The van der Waals surface area contributed by atoms with Crippen LogP contribution in [0.1, 0.15) is 6.92 Å². The molecule has 0 aromatic carbocycles. The van der Waals surface area contributed by atoms with Gasteiger partial charge in [-0.2, -0.15) is 0 Å². The van der Waals surface area contributed by atoms with E-state index in [1.165, 1.54) is 0 Å². The Labute approximate surface area is 52.7 Å². The SMILES string of the molecule is CCOCCS(C)=O. The van der Waals surface area contributed by atoms with E-state index in [-0.39, 0.29) is 0 Å². The maximum atomic E-state index is 10.3. The van der Waals surface area contributed by atoms with E-state index in [0.717, 1.165) is 6.61 Å². The lowest BCUT2D eigenvalue weighted by molar-refractivity contribution is 0.164. The molecule has 1 unspecified atom stereocenters. The summed E-state index contributed by atoms with van der Waals surface area (Å²) in [5.74, 6) is 0.661. The van der Waals surface area contributed by atoms with Crippen LogP contribution in [-0.2, 0) is 15.5 Å². The van der Waals surface area contributed by atoms with Crippen molar-refractivity contribution < 1.29 is 8.95 Å². The predicted octanol–water partition coefficient (Wildman–Crippen LogP) is 0.401. The van der Waals surface area contributed by atoms with Crippen LogP contribution in [0.15, 0.2) is 0 Å². The zero-order chi connectivity index (χ0) is 6.41. The summed E-state index contributed by atoms with van der Waals surface area (Å²) >= 11 is 0. The second-order valence-corrected chi connectivity index (χ2v) is 3.03. The van der Waals surface area contributed by atoms with Crippen molar-refractivity contribution in [3.05, 3.63) is 0 Å². The fourth-order valence-corrected chi connectivity index (χ4v) is 0.673. The Bertz CT molecular complexity index is 72.8. The van der Waals surface area contributed by atoms with Gasteiger partial charge in [0.15, 0.2) is 0 Å². The molecule has 0 N–H and O–H groups in total. The third kappa shape index (κ3) is 6.11. The van der Waals surface area contributed by atoms with Crippen molar-refractivity contribution >= 4 is 10.8 Å². The molecular formula is C5H12O2S. The highest BCUT2D eigenvalue weighted by molar-refractivity contribution is 7.84. The summed E-state index contributed by atoms with van der Waals surface area (Å²) in [7, 11) is -0.692. The first-order chi connectivity index (χ1) is 3.77. The molecule has 0 aromatic heterocycles. The zero-order valence-electron chi connectivity index (χ0n) is 5.35. The van der Waals surface area contributed by atoms with Crippen molar-refractivity contribution in [1.82, 2.24) is 0 Å². The highest BCUT2D eigenvalue weighted by Crippen LogP contribution is 1.76. The third-order valence-corrected chi connectivity index (χ3v) is 1.46. The second-order valence-electron chi connectivity index (χ2n) is 1.47. The molecular weight excluding hydrogens is 124 g/mol. The Kier molecular flexibility index (Phi) is 5.32. The van der Waals surface area contributed by atoms with Crippen molar-refractivity contribution in [2.45, 2.75) is 6.92 Å². The maximum Gasteiger partial charge on any atom is 0.0581 e. The number of hydrogen-bond donors (Lipinski definition) is 0. The Morgan fingerprint density at radius 3 is 2.62 bits per heavy atom. The molecule has 3 heteroatoms. The van der Waals surface area contributed by atoms with E-state index in [1.807, 2.05) is 6.92 Å². The van der Waals surface area contributed by atoms with Crippen LogP contribution in [0.5, 0.6) is 0 Å². The van der Waals surface area contributed by atoms with Gasteiger partial charge < -0.3 is 4.74 Å². The maximum absolute atomic E-state index is 10.3. The molecule has 0 aliphatic carbocycles. The van der Waals surface area contributed by atoms with E-state index in [9.17, 15) is 4.21 Å². The summed E-state index contributed by atoms with van der Waals surface area (Å²) in [5, 5.41) is 0. The van der Waals surface area contributed by atoms with Crippen LogP contribution in [0.3, 0.4) is 0 Å². The van der Waals surface area contributed by atoms with Gasteiger partial charge in [-0.3, -0.25) is 4.21 Å². The highest BCUT2D eigenvalue weighted by atomic mass is 32.2. The van der Waals surface area contributed by atoms with E-state index in [0.29, 0.717) is 12.4 Å². The first-order valence-electron chi connectivity index (χ1n) is 2.65. The molecule has 1 atom stereocenters. The largest absolute Gasteiger partial charge is 0.381 e. The van der Waals surface area contributed by atoms with Gasteiger partial charge in [0.05, 0.1) is 6.61 Å². The van der Waals surface area contributed by atoms with Gasteiger partial charge in [-0.25, -0.2) is 0 Å². The Hall–Kier alpha value is 0.110. The van der Waals surface area contributed by atoms with Crippen molar-refractivity contribution in [2.75, 3.05) is 25.2 Å². The fourth-order valence-electron chi connectivity index (χ4n) is 0.321. The van der Waals surface area contributed by atoms with E-state index >= 15 is 0 Å². The van der Waals surface area contributed by atoms with Crippen LogP contribution in [0.4, 0.5) is 0 Å². The first kappa shape index (κ1) is 8.11. The molecule has 0 spiro atoms. The molecule has 0 aliphatic rings. The lowest BCUT2D eigenvalue weighted by Crippen LogP contribution is -2.03. The summed E-state index contributed by atoms with van der Waals surface area (Å²) < 4.78 is 15.3. The predicted molar refractivity (Wildman–Crippen MR) is 35.4 cm³/mol. The van der Waals surface area contributed by atoms with Crippen LogP contribution in [0.2, 0.25) is 0 Å². The lowest BCUT2D eigenvalue weighted by Gasteiger charge is -1.95. The van der Waals surface area contributed by atoms with Gasteiger partial charge in [-0.1, -0.05) is 0 Å². The summed E-state index contributed by atoms with van der Waals surface area (Å²) in [4.78, 5) is 0. The molecule has 8 heavy (non-hydrogen) atoms. The van der Waals surface area contributed by atoms with Crippen molar-refractivity contribution in [3.63, 3.8) is 0 Å². The van der Waals surface area contributed by atoms with Crippen LogP contribution >= 0.6 is 0 Å². The number of rotatable bonds is 4. The molecule has 0 fully saturated rings. The summed E-state index contributed by atoms with van der Waals surface area (Å²) in [6.07, 6.45) is 1.68. The molecule has 0 amide bonds. The Morgan fingerprint density at radius 2 is 2.25 bits per heavy atom. The van der Waals surface area contributed by atoms with Crippen LogP contribution in [-0.4, -0.2) is 29.4 Å². The average Bonchev–Trinajstić information content (AvgIpc) is 1.66. The van der Waals surface area contributed by atoms with Gasteiger partial charge >= 0.3 is 0 Å². The zero-order valence-corrected chi connectivity index (χ0v) is 6.16. The molecule has 0 heterocycles. The van der Waals surface area contributed by atoms with Gasteiger partial charge in [0.2, 0.25) is 0 Å². The van der Waals surface area contributed by atoms with Crippen molar-refractivity contribution in [1.29, 1.82) is 0 Å². The molecule has 0 aromatic rings. The van der Waals surface area contributed by atoms with E-state index in [4.69, 9.17) is 4.74 Å². The molecule has 0 bridgehead atoms. The smallest absolute Gasteiger partial charge is 0.0581 e. The van der Waals surface area contributed by atoms with E-state index < -0.39 is 10.8 Å². The lowest BCUT2D eigenvalue weighted by atomic mass is 10.8. The standard InChI is InChI=1S/C5H12O2S/c1-3-7-4-5-8(2)6/h3-5H2,1-2H3. The molecule has 0 rings (SSSR count).